The Kier molecular flexibility index (Phi) is 0.535. The van der Waals surface area contributed by atoms with Crippen LogP contribution in [0.25, 0.3) is 0 Å². The maximum Gasteiger partial charge on any atom is 0.865 e. The molecule has 10 heavy (non-hydrogen) atoms. The standard InChI is InChI=1S/C5H2BNO3/c1-2-7-5-4-3(1)8-6(9-4)10-5/h1-2H. The Morgan fingerprint density at radius 2 is 2.30 bits per heavy atom. The van der Waals surface area contributed by atoms with E-state index in [4.69, 9.17) is 14.0 Å². The maximum atomic E-state index is 5.10. The first-order chi connectivity index (χ1) is 4.93. The molecule has 0 radical (unpaired) electrons. The Morgan fingerprint density at radius 1 is 1.30 bits per heavy atom. The van der Waals surface area contributed by atoms with Crippen molar-refractivity contribution in [3.63, 3.8) is 0 Å². The van der Waals surface area contributed by atoms with Crippen molar-refractivity contribution in [1.82, 2.24) is 4.98 Å². The highest BCUT2D eigenvalue weighted by molar-refractivity contribution is 6.43. The summed E-state index contributed by atoms with van der Waals surface area (Å²) in [7, 11) is -0.575. The van der Waals surface area contributed by atoms with E-state index in [2.05, 4.69) is 4.98 Å². The lowest BCUT2D eigenvalue weighted by Crippen LogP contribution is -2.29. The Labute approximate surface area is 56.9 Å². The zero-order valence-electron chi connectivity index (χ0n) is 4.90. The molecule has 3 rings (SSSR count). The summed E-state index contributed by atoms with van der Waals surface area (Å²) in [6.07, 6.45) is 1.62. The van der Waals surface area contributed by atoms with Crippen LogP contribution in [0.15, 0.2) is 12.3 Å². The molecular weight excluding hydrogens is 133 g/mol. The lowest BCUT2D eigenvalue weighted by molar-refractivity contribution is 0.377. The molecule has 0 saturated carbocycles. The molecule has 0 aliphatic carbocycles. The van der Waals surface area contributed by atoms with E-state index >= 15 is 0 Å². The molecule has 2 aliphatic heterocycles. The summed E-state index contributed by atoms with van der Waals surface area (Å²) in [6.45, 7) is 0. The average Bonchev–Trinajstić information content (AvgIpc) is 2.40. The molecule has 0 spiro atoms. The van der Waals surface area contributed by atoms with Crippen molar-refractivity contribution >= 4 is 7.32 Å². The zero-order valence-corrected chi connectivity index (χ0v) is 4.90. The van der Waals surface area contributed by atoms with Crippen LogP contribution in [0.5, 0.6) is 17.4 Å². The molecule has 0 saturated heterocycles. The van der Waals surface area contributed by atoms with Crippen molar-refractivity contribution in [2.24, 2.45) is 0 Å². The highest BCUT2D eigenvalue weighted by Gasteiger charge is 2.47. The van der Waals surface area contributed by atoms with E-state index in [0.717, 1.165) is 5.75 Å². The molecule has 0 amide bonds. The fourth-order valence-corrected chi connectivity index (χ4v) is 1.06. The Bertz CT molecular complexity index is 276. The van der Waals surface area contributed by atoms with Crippen LogP contribution in [-0.4, -0.2) is 12.3 Å². The van der Waals surface area contributed by atoms with Crippen molar-refractivity contribution < 1.29 is 14.0 Å². The first-order valence-electron chi connectivity index (χ1n) is 2.92. The summed E-state index contributed by atoms with van der Waals surface area (Å²) >= 11 is 0. The van der Waals surface area contributed by atoms with E-state index in [9.17, 15) is 0 Å². The Balaban J connectivity index is 2.39. The van der Waals surface area contributed by atoms with E-state index in [-0.39, 0.29) is 0 Å². The molecule has 2 bridgehead atoms. The van der Waals surface area contributed by atoms with Gasteiger partial charge >= 0.3 is 7.32 Å². The summed E-state index contributed by atoms with van der Waals surface area (Å²) < 4.78 is 15.2. The number of aromatic nitrogens is 1. The topological polar surface area (TPSA) is 40.6 Å². The monoisotopic (exact) mass is 135 g/mol. The van der Waals surface area contributed by atoms with Crippen LogP contribution in [0.3, 0.4) is 0 Å². The van der Waals surface area contributed by atoms with Gasteiger partial charge in [-0.3, -0.25) is 0 Å². The van der Waals surface area contributed by atoms with Gasteiger partial charge in [0.2, 0.25) is 11.6 Å². The van der Waals surface area contributed by atoms with Crippen molar-refractivity contribution in [3.05, 3.63) is 12.3 Å². The largest absolute Gasteiger partial charge is 0.865 e. The molecule has 48 valence electrons. The Hall–Kier alpha value is -1.39. The quantitative estimate of drug-likeness (QED) is 0.477. The normalized spacial score (nSPS) is 16.2. The molecule has 5 heteroatoms. The third-order valence-corrected chi connectivity index (χ3v) is 1.48. The van der Waals surface area contributed by atoms with Crippen LogP contribution in [0.2, 0.25) is 0 Å². The first kappa shape index (κ1) is 4.43. The predicted molar refractivity (Wildman–Crippen MR) is 31.9 cm³/mol. The lowest BCUT2D eigenvalue weighted by atomic mass is 10.2. The van der Waals surface area contributed by atoms with Gasteiger partial charge in [-0.2, -0.15) is 0 Å². The van der Waals surface area contributed by atoms with E-state index in [0.29, 0.717) is 11.6 Å². The van der Waals surface area contributed by atoms with Gasteiger partial charge in [-0.1, -0.05) is 0 Å². The Morgan fingerprint density at radius 3 is 3.00 bits per heavy atom. The molecule has 0 unspecified atom stereocenters. The van der Waals surface area contributed by atoms with Crippen molar-refractivity contribution in [1.29, 1.82) is 0 Å². The number of pyridine rings is 1. The summed E-state index contributed by atoms with van der Waals surface area (Å²) in [5.74, 6) is 1.89. The predicted octanol–water partition coefficient (Wildman–Crippen LogP) is 0.230. The van der Waals surface area contributed by atoms with E-state index in [1.54, 1.807) is 12.3 Å². The minimum absolute atomic E-state index is 0.536. The second-order valence-electron chi connectivity index (χ2n) is 2.09. The summed E-state index contributed by atoms with van der Waals surface area (Å²) in [4.78, 5) is 3.92. The third kappa shape index (κ3) is 0.344. The maximum absolute atomic E-state index is 5.10. The van der Waals surface area contributed by atoms with Crippen LogP contribution in [0.1, 0.15) is 0 Å². The first-order valence-corrected chi connectivity index (χ1v) is 2.92. The van der Waals surface area contributed by atoms with Crippen molar-refractivity contribution in [2.45, 2.75) is 0 Å². The van der Waals surface area contributed by atoms with Gasteiger partial charge in [0, 0.05) is 12.3 Å². The van der Waals surface area contributed by atoms with Gasteiger partial charge in [-0.25, -0.2) is 4.98 Å². The fourth-order valence-electron chi connectivity index (χ4n) is 1.06. The van der Waals surface area contributed by atoms with Gasteiger partial charge < -0.3 is 14.0 Å². The smallest absolute Gasteiger partial charge is 0.486 e. The van der Waals surface area contributed by atoms with Gasteiger partial charge in [-0.15, -0.1) is 0 Å². The van der Waals surface area contributed by atoms with Gasteiger partial charge in [0.05, 0.1) is 0 Å². The number of rotatable bonds is 0. The molecule has 2 aliphatic rings. The summed E-state index contributed by atoms with van der Waals surface area (Å²) in [5.41, 5.74) is 0. The van der Waals surface area contributed by atoms with Gasteiger partial charge in [0.1, 0.15) is 0 Å². The second kappa shape index (κ2) is 1.21. The second-order valence-corrected chi connectivity index (χ2v) is 2.09. The van der Waals surface area contributed by atoms with Crippen LogP contribution < -0.4 is 14.0 Å². The molecule has 0 aromatic carbocycles. The van der Waals surface area contributed by atoms with E-state index in [1.807, 2.05) is 0 Å². The fraction of sp³-hybridized carbons (Fsp3) is 0. The van der Waals surface area contributed by atoms with Crippen molar-refractivity contribution in [2.75, 3.05) is 0 Å². The minimum atomic E-state index is -0.575. The molecule has 0 atom stereocenters. The molecule has 3 heterocycles. The molecule has 4 nitrogen and oxygen atoms in total. The van der Waals surface area contributed by atoms with E-state index < -0.39 is 7.32 Å². The summed E-state index contributed by atoms with van der Waals surface area (Å²) in [6, 6.07) is 1.75. The number of fused-ring (bicyclic) bond motifs is 1. The number of nitrogens with zero attached hydrogens (tertiary/aromatic N) is 1. The van der Waals surface area contributed by atoms with E-state index in [1.165, 1.54) is 0 Å². The SMILES string of the molecule is c1cc2c3c(n1)OB(O2)O3. The van der Waals surface area contributed by atoms with Crippen molar-refractivity contribution in [3.8, 4) is 17.4 Å². The molecule has 0 N–H and O–H groups in total. The number of hydrogen-bond acceptors (Lipinski definition) is 4. The van der Waals surface area contributed by atoms with Gasteiger partial charge in [0.15, 0.2) is 5.75 Å². The minimum Gasteiger partial charge on any atom is -0.486 e. The van der Waals surface area contributed by atoms with Crippen LogP contribution in [0.4, 0.5) is 0 Å². The number of hydrogen-bond donors (Lipinski definition) is 0. The molecule has 1 aromatic heterocycles. The summed E-state index contributed by atoms with van der Waals surface area (Å²) in [5, 5.41) is 0. The highest BCUT2D eigenvalue weighted by atomic mass is 16.8. The van der Waals surface area contributed by atoms with Gasteiger partial charge in [-0.05, 0) is 0 Å². The molecular formula is C5H2BNO3. The lowest BCUT2D eigenvalue weighted by Gasteiger charge is -2.05. The molecule has 1 aromatic rings. The van der Waals surface area contributed by atoms with Gasteiger partial charge in [0.25, 0.3) is 0 Å². The van der Waals surface area contributed by atoms with Crippen LogP contribution >= 0.6 is 0 Å². The zero-order chi connectivity index (χ0) is 6.55. The molecule has 0 fully saturated rings. The third-order valence-electron chi connectivity index (χ3n) is 1.48. The average molecular weight is 135 g/mol. The van der Waals surface area contributed by atoms with Crippen LogP contribution in [-0.2, 0) is 0 Å². The highest BCUT2D eigenvalue weighted by Crippen LogP contribution is 2.45. The van der Waals surface area contributed by atoms with Crippen LogP contribution in [0, 0.1) is 0 Å².